The van der Waals surface area contributed by atoms with Crippen LogP contribution in [0.4, 0.5) is 5.69 Å². The Labute approximate surface area is 125 Å². The Morgan fingerprint density at radius 1 is 1.10 bits per heavy atom. The highest BCUT2D eigenvalue weighted by atomic mass is 16.1. The Morgan fingerprint density at radius 3 is 2.33 bits per heavy atom. The second kappa shape index (κ2) is 5.43. The van der Waals surface area contributed by atoms with Gasteiger partial charge in [-0.2, -0.15) is 0 Å². The van der Waals surface area contributed by atoms with Gasteiger partial charge in [-0.25, -0.2) is 0 Å². The van der Waals surface area contributed by atoms with Gasteiger partial charge < -0.3 is 5.32 Å². The van der Waals surface area contributed by atoms with E-state index >= 15 is 0 Å². The minimum absolute atomic E-state index is 0.1000. The molecule has 3 rings (SSSR count). The third kappa shape index (κ3) is 3.38. The number of nitrogens with one attached hydrogen (secondary N) is 3. The van der Waals surface area contributed by atoms with Gasteiger partial charge in [-0.15, -0.1) is 0 Å². The first-order chi connectivity index (χ1) is 10.0. The van der Waals surface area contributed by atoms with Gasteiger partial charge in [0.2, 0.25) is 0 Å². The normalized spacial score (nSPS) is 18.6. The molecule has 1 heterocycles. The van der Waals surface area contributed by atoms with Gasteiger partial charge in [0, 0.05) is 17.8 Å². The maximum Gasteiger partial charge on any atom is 0.264 e. The molecule has 1 aliphatic rings. The van der Waals surface area contributed by atoms with Crippen molar-refractivity contribution in [3.8, 4) is 11.3 Å². The molecule has 4 nitrogen and oxygen atoms in total. The van der Waals surface area contributed by atoms with E-state index in [0.717, 1.165) is 16.9 Å². The third-order valence-corrected chi connectivity index (χ3v) is 4.50. The largest absolute Gasteiger partial charge is 0.382 e. The van der Waals surface area contributed by atoms with Crippen LogP contribution in [0.5, 0.6) is 0 Å². The summed E-state index contributed by atoms with van der Waals surface area (Å²) in [5, 5.41) is 9.06. The van der Waals surface area contributed by atoms with Gasteiger partial charge in [-0.1, -0.05) is 26.0 Å². The summed E-state index contributed by atoms with van der Waals surface area (Å²) in [6, 6.07) is 10.4. The molecule has 1 aromatic carbocycles. The SMILES string of the molecule is CC1(C)CCC(Nc2ccc(-c3cc(=O)[nH][nH]3)cc2)CC1. The number of rotatable bonds is 3. The van der Waals surface area contributed by atoms with Gasteiger partial charge in [-0.05, 0) is 48.8 Å². The summed E-state index contributed by atoms with van der Waals surface area (Å²) in [7, 11) is 0. The monoisotopic (exact) mass is 285 g/mol. The second-order valence-corrected chi connectivity index (χ2v) is 6.83. The molecule has 4 heteroatoms. The first-order valence-corrected chi connectivity index (χ1v) is 7.67. The predicted octanol–water partition coefficient (Wildman–Crippen LogP) is 3.75. The molecule has 0 aliphatic heterocycles. The Morgan fingerprint density at radius 2 is 1.76 bits per heavy atom. The van der Waals surface area contributed by atoms with Crippen LogP contribution in [0.1, 0.15) is 39.5 Å². The van der Waals surface area contributed by atoms with E-state index in [1.807, 2.05) is 12.1 Å². The molecular weight excluding hydrogens is 262 g/mol. The van der Waals surface area contributed by atoms with Gasteiger partial charge >= 0.3 is 0 Å². The second-order valence-electron chi connectivity index (χ2n) is 6.83. The van der Waals surface area contributed by atoms with Crippen LogP contribution < -0.4 is 10.9 Å². The number of aromatic nitrogens is 2. The molecule has 0 radical (unpaired) electrons. The van der Waals surface area contributed by atoms with Crippen molar-refractivity contribution in [3.63, 3.8) is 0 Å². The lowest BCUT2D eigenvalue weighted by Crippen LogP contribution is -2.29. The van der Waals surface area contributed by atoms with Gasteiger partial charge in [-0.3, -0.25) is 15.0 Å². The lowest BCUT2D eigenvalue weighted by Gasteiger charge is -2.35. The Bertz CT molecular complexity index is 641. The van der Waals surface area contributed by atoms with Crippen molar-refractivity contribution in [3.05, 3.63) is 40.7 Å². The summed E-state index contributed by atoms with van der Waals surface area (Å²) in [4.78, 5) is 11.1. The zero-order chi connectivity index (χ0) is 14.9. The summed E-state index contributed by atoms with van der Waals surface area (Å²) in [6.07, 6.45) is 5.04. The standard InChI is InChI=1S/C17H23N3O/c1-17(2)9-7-14(8-10-17)18-13-5-3-12(4-6-13)15-11-16(21)20-19-15/h3-6,11,14,18H,7-10H2,1-2H3,(H2,19,20,21). The maximum atomic E-state index is 11.1. The molecule has 0 atom stereocenters. The number of benzene rings is 1. The Kier molecular flexibility index (Phi) is 3.62. The Hall–Kier alpha value is -1.97. The van der Waals surface area contributed by atoms with Gasteiger partial charge in [0.05, 0.1) is 5.69 Å². The number of hydrogen-bond donors (Lipinski definition) is 3. The zero-order valence-corrected chi connectivity index (χ0v) is 12.7. The average molecular weight is 285 g/mol. The van der Waals surface area contributed by atoms with E-state index in [1.165, 1.54) is 25.7 Å². The third-order valence-electron chi connectivity index (χ3n) is 4.50. The lowest BCUT2D eigenvalue weighted by molar-refractivity contribution is 0.232. The first kappa shape index (κ1) is 14.0. The van der Waals surface area contributed by atoms with Gasteiger partial charge in [0.25, 0.3) is 5.56 Å². The molecular formula is C17H23N3O. The summed E-state index contributed by atoms with van der Waals surface area (Å²) in [6.45, 7) is 4.71. The van der Waals surface area contributed by atoms with Crippen molar-refractivity contribution in [2.24, 2.45) is 5.41 Å². The van der Waals surface area contributed by atoms with E-state index in [1.54, 1.807) is 6.07 Å². The number of aromatic amines is 2. The van der Waals surface area contributed by atoms with E-state index in [0.29, 0.717) is 11.5 Å². The van der Waals surface area contributed by atoms with E-state index in [2.05, 4.69) is 41.5 Å². The van der Waals surface area contributed by atoms with Crippen LogP contribution in [0.2, 0.25) is 0 Å². The van der Waals surface area contributed by atoms with Crippen molar-refractivity contribution in [2.45, 2.75) is 45.6 Å². The molecule has 0 bridgehead atoms. The Balaban J connectivity index is 1.64. The first-order valence-electron chi connectivity index (χ1n) is 7.67. The van der Waals surface area contributed by atoms with Crippen LogP contribution in [0.25, 0.3) is 11.3 Å². The lowest BCUT2D eigenvalue weighted by atomic mass is 9.75. The molecule has 0 unspecified atom stereocenters. The maximum absolute atomic E-state index is 11.1. The van der Waals surface area contributed by atoms with E-state index in [-0.39, 0.29) is 5.56 Å². The molecule has 0 spiro atoms. The predicted molar refractivity (Wildman–Crippen MR) is 86.5 cm³/mol. The van der Waals surface area contributed by atoms with Crippen molar-refractivity contribution >= 4 is 5.69 Å². The van der Waals surface area contributed by atoms with Crippen molar-refractivity contribution in [1.82, 2.24) is 10.2 Å². The fourth-order valence-corrected chi connectivity index (χ4v) is 3.01. The number of anilines is 1. The van der Waals surface area contributed by atoms with Crippen LogP contribution in [0.15, 0.2) is 35.1 Å². The molecule has 1 fully saturated rings. The molecule has 1 aliphatic carbocycles. The molecule has 2 aromatic rings. The molecule has 21 heavy (non-hydrogen) atoms. The highest BCUT2D eigenvalue weighted by Gasteiger charge is 2.26. The minimum atomic E-state index is -0.1000. The van der Waals surface area contributed by atoms with Gasteiger partial charge in [0.1, 0.15) is 0 Å². The minimum Gasteiger partial charge on any atom is -0.382 e. The van der Waals surface area contributed by atoms with Crippen LogP contribution in [0.3, 0.4) is 0 Å². The fraction of sp³-hybridized carbons (Fsp3) is 0.471. The van der Waals surface area contributed by atoms with E-state index in [4.69, 9.17) is 0 Å². The summed E-state index contributed by atoms with van der Waals surface area (Å²) < 4.78 is 0. The van der Waals surface area contributed by atoms with Crippen molar-refractivity contribution < 1.29 is 0 Å². The smallest absolute Gasteiger partial charge is 0.264 e. The van der Waals surface area contributed by atoms with Crippen LogP contribution in [-0.2, 0) is 0 Å². The molecule has 1 saturated carbocycles. The summed E-state index contributed by atoms with van der Waals surface area (Å²) >= 11 is 0. The fourth-order valence-electron chi connectivity index (χ4n) is 3.01. The summed E-state index contributed by atoms with van der Waals surface area (Å²) in [5.41, 5.74) is 3.40. The molecule has 1 aromatic heterocycles. The van der Waals surface area contributed by atoms with Crippen LogP contribution in [0, 0.1) is 5.41 Å². The molecule has 3 N–H and O–H groups in total. The molecule has 112 valence electrons. The van der Waals surface area contributed by atoms with Crippen molar-refractivity contribution in [2.75, 3.05) is 5.32 Å². The number of hydrogen-bond acceptors (Lipinski definition) is 2. The molecule has 0 amide bonds. The topological polar surface area (TPSA) is 60.7 Å². The van der Waals surface area contributed by atoms with Crippen LogP contribution in [-0.4, -0.2) is 16.2 Å². The summed E-state index contributed by atoms with van der Waals surface area (Å²) in [5.74, 6) is 0. The quantitative estimate of drug-likeness (QED) is 0.804. The highest BCUT2D eigenvalue weighted by molar-refractivity contribution is 5.62. The highest BCUT2D eigenvalue weighted by Crippen LogP contribution is 2.36. The molecule has 0 saturated heterocycles. The van der Waals surface area contributed by atoms with E-state index in [9.17, 15) is 4.79 Å². The van der Waals surface area contributed by atoms with Crippen LogP contribution >= 0.6 is 0 Å². The average Bonchev–Trinajstić information content (AvgIpc) is 2.89. The van der Waals surface area contributed by atoms with E-state index < -0.39 is 0 Å². The van der Waals surface area contributed by atoms with Gasteiger partial charge in [0.15, 0.2) is 0 Å². The van der Waals surface area contributed by atoms with Crippen molar-refractivity contribution in [1.29, 1.82) is 0 Å². The zero-order valence-electron chi connectivity index (χ0n) is 12.7. The number of H-pyrrole nitrogens is 2.